The molecule has 0 aromatic heterocycles. The molecular formula is C15H14O2S2. The van der Waals surface area contributed by atoms with Gasteiger partial charge in [-0.25, -0.2) is 0 Å². The Morgan fingerprint density at radius 1 is 0.842 bits per heavy atom. The van der Waals surface area contributed by atoms with Crippen LogP contribution < -0.4 is 0 Å². The fourth-order valence-electron chi connectivity index (χ4n) is 2.13. The zero-order chi connectivity index (χ0) is 13.6. The molecule has 4 heteroatoms. The van der Waals surface area contributed by atoms with Crippen molar-refractivity contribution in [1.82, 2.24) is 0 Å². The lowest BCUT2D eigenvalue weighted by Crippen LogP contribution is -1.97. The van der Waals surface area contributed by atoms with Crippen molar-refractivity contribution in [2.45, 2.75) is 39.3 Å². The Hall–Kier alpha value is -1.26. The summed E-state index contributed by atoms with van der Waals surface area (Å²) in [6.45, 7) is 4.30. The van der Waals surface area contributed by atoms with Gasteiger partial charge < -0.3 is 10.2 Å². The summed E-state index contributed by atoms with van der Waals surface area (Å²) in [6, 6.07) is 9.27. The quantitative estimate of drug-likeness (QED) is 0.673. The van der Waals surface area contributed by atoms with Crippen LogP contribution in [0, 0.1) is 0 Å². The normalized spacial score (nSPS) is 13.2. The summed E-state index contributed by atoms with van der Waals surface area (Å²) < 4.78 is 0. The summed E-state index contributed by atoms with van der Waals surface area (Å²) in [7, 11) is 0. The second-order valence-corrected chi connectivity index (χ2v) is 6.87. The zero-order valence-electron chi connectivity index (χ0n) is 10.7. The molecular weight excluding hydrogens is 276 g/mol. The maximum Gasteiger partial charge on any atom is 0.130 e. The molecule has 19 heavy (non-hydrogen) atoms. The Morgan fingerprint density at radius 2 is 1.58 bits per heavy atom. The third-order valence-corrected chi connectivity index (χ3v) is 5.83. The molecule has 98 valence electrons. The van der Waals surface area contributed by atoms with Gasteiger partial charge in [0.15, 0.2) is 0 Å². The predicted octanol–water partition coefficient (Wildman–Crippen LogP) is 4.84. The Labute approximate surface area is 120 Å². The highest BCUT2D eigenvalue weighted by Crippen LogP contribution is 2.55. The Bertz CT molecular complexity index is 651. The lowest BCUT2D eigenvalue weighted by Gasteiger charge is -2.23. The molecule has 1 aliphatic rings. The van der Waals surface area contributed by atoms with E-state index in [4.69, 9.17) is 0 Å². The summed E-state index contributed by atoms with van der Waals surface area (Å²) in [4.78, 5) is 3.84. The van der Waals surface area contributed by atoms with Gasteiger partial charge >= 0.3 is 0 Å². The van der Waals surface area contributed by atoms with E-state index in [1.807, 2.05) is 18.2 Å². The maximum absolute atomic E-state index is 10.1. The van der Waals surface area contributed by atoms with Crippen LogP contribution in [0.25, 0.3) is 0 Å². The fraction of sp³-hybridized carbons (Fsp3) is 0.200. The first-order valence-corrected chi connectivity index (χ1v) is 7.74. The topological polar surface area (TPSA) is 40.5 Å². The van der Waals surface area contributed by atoms with E-state index < -0.39 is 0 Å². The summed E-state index contributed by atoms with van der Waals surface area (Å²) >= 11 is 3.07. The fourth-order valence-corrected chi connectivity index (χ4v) is 4.74. The lowest BCUT2D eigenvalue weighted by atomic mass is 10.0. The monoisotopic (exact) mass is 290 g/mol. The van der Waals surface area contributed by atoms with Crippen LogP contribution in [-0.4, -0.2) is 10.2 Å². The highest BCUT2D eigenvalue weighted by molar-refractivity contribution is 8.05. The number of rotatable bonds is 1. The number of aromatic hydroxyl groups is 2. The Morgan fingerprint density at radius 3 is 2.32 bits per heavy atom. The number of fused-ring (bicyclic) bond motifs is 2. The van der Waals surface area contributed by atoms with Gasteiger partial charge in [-0.3, -0.25) is 0 Å². The van der Waals surface area contributed by atoms with Crippen molar-refractivity contribution in [1.29, 1.82) is 0 Å². The van der Waals surface area contributed by atoms with Crippen molar-refractivity contribution in [3.63, 3.8) is 0 Å². The molecule has 2 aromatic rings. The third-order valence-electron chi connectivity index (χ3n) is 3.12. The van der Waals surface area contributed by atoms with Gasteiger partial charge in [0.1, 0.15) is 11.5 Å². The van der Waals surface area contributed by atoms with E-state index in [1.165, 1.54) is 17.3 Å². The third kappa shape index (κ3) is 2.09. The van der Waals surface area contributed by atoms with Crippen LogP contribution in [0.15, 0.2) is 49.9 Å². The van der Waals surface area contributed by atoms with Gasteiger partial charge in [-0.15, -0.1) is 0 Å². The van der Waals surface area contributed by atoms with Crippen LogP contribution in [0.4, 0.5) is 0 Å². The van der Waals surface area contributed by atoms with Crippen LogP contribution in [0.3, 0.4) is 0 Å². The first-order valence-electron chi connectivity index (χ1n) is 6.11. The molecule has 0 atom stereocenters. The van der Waals surface area contributed by atoms with Crippen molar-refractivity contribution in [2.24, 2.45) is 0 Å². The van der Waals surface area contributed by atoms with E-state index in [0.29, 0.717) is 5.92 Å². The standard InChI is InChI=1S/C15H14O2S2/c1-8(2)9-6-7-11(17)15-13(9)18-12-5-3-4-10(16)14(12)19-15/h3-8,16-17H,1-2H3. The van der Waals surface area contributed by atoms with E-state index in [1.54, 1.807) is 23.9 Å². The van der Waals surface area contributed by atoms with Crippen LogP contribution in [0.1, 0.15) is 25.3 Å². The Kier molecular flexibility index (Phi) is 3.15. The minimum absolute atomic E-state index is 0.273. The van der Waals surface area contributed by atoms with E-state index in [0.717, 1.165) is 19.6 Å². The molecule has 1 heterocycles. The number of hydrogen-bond acceptors (Lipinski definition) is 4. The van der Waals surface area contributed by atoms with Gasteiger partial charge in [0, 0.05) is 9.79 Å². The SMILES string of the molecule is CC(C)c1ccc(O)c2c1Sc1cccc(O)c1S2. The van der Waals surface area contributed by atoms with E-state index in [9.17, 15) is 10.2 Å². The van der Waals surface area contributed by atoms with Gasteiger partial charge in [-0.05, 0) is 29.7 Å². The van der Waals surface area contributed by atoms with Crippen LogP contribution >= 0.6 is 23.5 Å². The van der Waals surface area contributed by atoms with Crippen molar-refractivity contribution in [3.8, 4) is 11.5 Å². The molecule has 0 spiro atoms. The molecule has 0 fully saturated rings. The second-order valence-electron chi connectivity index (χ2n) is 4.80. The summed E-state index contributed by atoms with van der Waals surface area (Å²) in [5.41, 5.74) is 1.24. The highest BCUT2D eigenvalue weighted by Gasteiger charge is 2.25. The first-order chi connectivity index (χ1) is 9.08. The minimum Gasteiger partial charge on any atom is -0.507 e. The molecule has 3 rings (SSSR count). The minimum atomic E-state index is 0.273. The second kappa shape index (κ2) is 4.69. The Balaban J connectivity index is 2.19. The summed E-state index contributed by atoms with van der Waals surface area (Å²) in [6.07, 6.45) is 0. The largest absolute Gasteiger partial charge is 0.507 e. The number of hydrogen-bond donors (Lipinski definition) is 2. The van der Waals surface area contributed by atoms with E-state index >= 15 is 0 Å². The van der Waals surface area contributed by atoms with Crippen molar-refractivity contribution >= 4 is 23.5 Å². The number of phenols is 2. The van der Waals surface area contributed by atoms with Gasteiger partial charge in [0.05, 0.1) is 9.79 Å². The van der Waals surface area contributed by atoms with Crippen LogP contribution in [0.5, 0.6) is 11.5 Å². The van der Waals surface area contributed by atoms with E-state index in [2.05, 4.69) is 13.8 Å². The summed E-state index contributed by atoms with van der Waals surface area (Å²) in [5.74, 6) is 0.960. The molecule has 2 N–H and O–H groups in total. The number of benzene rings is 2. The van der Waals surface area contributed by atoms with E-state index in [-0.39, 0.29) is 11.5 Å². The highest BCUT2D eigenvalue weighted by atomic mass is 32.2. The zero-order valence-corrected chi connectivity index (χ0v) is 12.3. The van der Waals surface area contributed by atoms with Gasteiger partial charge in [-0.1, -0.05) is 49.5 Å². The predicted molar refractivity (Wildman–Crippen MR) is 78.5 cm³/mol. The molecule has 1 aliphatic heterocycles. The average molecular weight is 290 g/mol. The van der Waals surface area contributed by atoms with Crippen molar-refractivity contribution in [3.05, 3.63) is 35.9 Å². The van der Waals surface area contributed by atoms with Crippen LogP contribution in [0.2, 0.25) is 0 Å². The lowest BCUT2D eigenvalue weighted by molar-refractivity contribution is 0.454. The molecule has 0 bridgehead atoms. The molecule has 0 unspecified atom stereocenters. The molecule has 0 aliphatic carbocycles. The maximum atomic E-state index is 10.1. The van der Waals surface area contributed by atoms with Crippen LogP contribution in [-0.2, 0) is 0 Å². The van der Waals surface area contributed by atoms with Gasteiger partial charge in [-0.2, -0.15) is 0 Å². The molecule has 2 aromatic carbocycles. The first kappa shape index (κ1) is 12.8. The average Bonchev–Trinajstić information content (AvgIpc) is 2.38. The molecule has 0 saturated carbocycles. The smallest absolute Gasteiger partial charge is 0.130 e. The molecule has 0 amide bonds. The molecule has 0 radical (unpaired) electrons. The number of phenolic OH excluding ortho intramolecular Hbond substituents is 2. The molecule has 0 saturated heterocycles. The molecule has 2 nitrogen and oxygen atoms in total. The van der Waals surface area contributed by atoms with Gasteiger partial charge in [0.2, 0.25) is 0 Å². The van der Waals surface area contributed by atoms with Gasteiger partial charge in [0.25, 0.3) is 0 Å². The van der Waals surface area contributed by atoms with Crippen molar-refractivity contribution in [2.75, 3.05) is 0 Å². The summed E-state index contributed by atoms with van der Waals surface area (Å²) in [5, 5.41) is 20.0. The van der Waals surface area contributed by atoms with Crippen molar-refractivity contribution < 1.29 is 10.2 Å².